The minimum atomic E-state index is -0.320. The van der Waals surface area contributed by atoms with Crippen molar-refractivity contribution in [3.8, 4) is 5.75 Å². The molecule has 0 atom stereocenters. The first-order valence-corrected chi connectivity index (χ1v) is 8.87. The Kier molecular flexibility index (Phi) is 10.1. The van der Waals surface area contributed by atoms with Crippen LogP contribution in [0.4, 0.5) is 0 Å². The molecule has 0 unspecified atom stereocenters. The summed E-state index contributed by atoms with van der Waals surface area (Å²) in [4.78, 5) is 27.5. The molecule has 0 aliphatic rings. The van der Waals surface area contributed by atoms with E-state index < -0.39 is 0 Å². The molecule has 0 aliphatic carbocycles. The van der Waals surface area contributed by atoms with Gasteiger partial charge in [-0.1, -0.05) is 19.1 Å². The van der Waals surface area contributed by atoms with Crippen LogP contribution in [0.15, 0.2) is 30.3 Å². The third kappa shape index (κ3) is 8.67. The summed E-state index contributed by atoms with van der Waals surface area (Å²) in [6.45, 7) is 4.37. The molecule has 6 heteroatoms. The van der Waals surface area contributed by atoms with E-state index in [1.165, 1.54) is 13.2 Å². The van der Waals surface area contributed by atoms with Gasteiger partial charge in [-0.2, -0.15) is 0 Å². The Morgan fingerprint density at radius 1 is 1.08 bits per heavy atom. The van der Waals surface area contributed by atoms with E-state index in [0.29, 0.717) is 19.7 Å². The quantitative estimate of drug-likeness (QED) is 0.447. The third-order valence-corrected chi connectivity index (χ3v) is 3.71. The van der Waals surface area contributed by atoms with Gasteiger partial charge >= 0.3 is 5.97 Å². The van der Waals surface area contributed by atoms with Gasteiger partial charge in [-0.3, -0.25) is 9.59 Å². The Morgan fingerprint density at radius 3 is 2.35 bits per heavy atom. The molecule has 0 saturated heterocycles. The molecule has 26 heavy (non-hydrogen) atoms. The predicted molar refractivity (Wildman–Crippen MR) is 103 cm³/mol. The van der Waals surface area contributed by atoms with Crippen molar-refractivity contribution < 1.29 is 19.1 Å². The van der Waals surface area contributed by atoms with Gasteiger partial charge in [-0.15, -0.1) is 0 Å². The molecule has 0 aliphatic heterocycles. The van der Waals surface area contributed by atoms with Gasteiger partial charge in [0.05, 0.1) is 20.1 Å². The maximum atomic E-state index is 12.5. The first-order chi connectivity index (χ1) is 12.5. The minimum Gasteiger partial charge on any atom is -0.494 e. The summed E-state index contributed by atoms with van der Waals surface area (Å²) in [6, 6.07) is 7.60. The second-order valence-electron chi connectivity index (χ2n) is 6.21. The molecule has 6 nitrogen and oxygen atoms in total. The van der Waals surface area contributed by atoms with Gasteiger partial charge in [0.15, 0.2) is 0 Å². The van der Waals surface area contributed by atoms with Crippen LogP contribution in [0.3, 0.4) is 0 Å². The van der Waals surface area contributed by atoms with Crippen LogP contribution >= 0.6 is 0 Å². The van der Waals surface area contributed by atoms with E-state index in [2.05, 4.69) is 11.7 Å². The lowest BCUT2D eigenvalue weighted by atomic mass is 10.2. The molecule has 0 fully saturated rings. The SMILES string of the molecule is CCCOc1ccc(/C=C/C(=O)N(CCC(=O)OC)CCN(C)C)cc1. The van der Waals surface area contributed by atoms with Crippen molar-refractivity contribution in [2.75, 3.05) is 47.4 Å². The number of esters is 1. The Hall–Kier alpha value is -2.34. The lowest BCUT2D eigenvalue weighted by molar-refractivity contribution is -0.141. The monoisotopic (exact) mass is 362 g/mol. The lowest BCUT2D eigenvalue weighted by Gasteiger charge is -2.22. The molecular weight excluding hydrogens is 332 g/mol. The van der Waals surface area contributed by atoms with E-state index >= 15 is 0 Å². The number of carbonyl (C=O) groups is 2. The number of rotatable bonds is 11. The molecule has 0 bridgehead atoms. The first kappa shape index (κ1) is 21.7. The highest BCUT2D eigenvalue weighted by Crippen LogP contribution is 2.13. The Labute approximate surface area is 156 Å². The highest BCUT2D eigenvalue weighted by atomic mass is 16.5. The van der Waals surface area contributed by atoms with Crippen LogP contribution in [0.25, 0.3) is 6.08 Å². The highest BCUT2D eigenvalue weighted by molar-refractivity contribution is 5.92. The van der Waals surface area contributed by atoms with Crippen LogP contribution < -0.4 is 4.74 Å². The molecular formula is C20H30N2O4. The Bertz CT molecular complexity index is 582. The fraction of sp³-hybridized carbons (Fsp3) is 0.500. The van der Waals surface area contributed by atoms with Crippen LogP contribution in [0, 0.1) is 0 Å². The average Bonchev–Trinajstić information content (AvgIpc) is 2.64. The van der Waals surface area contributed by atoms with E-state index in [0.717, 1.165) is 24.3 Å². The Balaban J connectivity index is 2.67. The van der Waals surface area contributed by atoms with Crippen molar-refractivity contribution in [2.24, 2.45) is 0 Å². The largest absolute Gasteiger partial charge is 0.494 e. The topological polar surface area (TPSA) is 59.1 Å². The standard InChI is InChI=1S/C20H30N2O4/c1-5-16-26-18-9-6-17(7-10-18)8-11-19(23)22(15-14-21(2)3)13-12-20(24)25-4/h6-11H,5,12-16H2,1-4H3/b11-8+. The normalized spacial score (nSPS) is 11.0. The maximum Gasteiger partial charge on any atom is 0.307 e. The van der Waals surface area contributed by atoms with Crippen LogP contribution in [-0.2, 0) is 14.3 Å². The number of benzene rings is 1. The van der Waals surface area contributed by atoms with E-state index in [-0.39, 0.29) is 18.3 Å². The summed E-state index contributed by atoms with van der Waals surface area (Å²) in [7, 11) is 5.24. The summed E-state index contributed by atoms with van der Waals surface area (Å²) in [5.41, 5.74) is 0.919. The van der Waals surface area contributed by atoms with Crippen molar-refractivity contribution in [3.63, 3.8) is 0 Å². The van der Waals surface area contributed by atoms with E-state index in [1.54, 1.807) is 11.0 Å². The summed E-state index contributed by atoms with van der Waals surface area (Å²) in [5, 5.41) is 0. The molecule has 0 heterocycles. The second-order valence-corrected chi connectivity index (χ2v) is 6.21. The zero-order chi connectivity index (χ0) is 19.4. The number of hydrogen-bond acceptors (Lipinski definition) is 5. The summed E-state index contributed by atoms with van der Waals surface area (Å²) < 4.78 is 10.2. The predicted octanol–water partition coefficient (Wildman–Crippen LogP) is 2.44. The number of nitrogens with zero attached hydrogens (tertiary/aromatic N) is 2. The van der Waals surface area contributed by atoms with Crippen LogP contribution in [0.1, 0.15) is 25.3 Å². The smallest absolute Gasteiger partial charge is 0.307 e. The van der Waals surface area contributed by atoms with Gasteiger partial charge in [0.1, 0.15) is 5.75 Å². The van der Waals surface area contributed by atoms with Crippen molar-refractivity contribution in [1.29, 1.82) is 0 Å². The first-order valence-electron chi connectivity index (χ1n) is 8.87. The van der Waals surface area contributed by atoms with Crippen molar-refractivity contribution in [1.82, 2.24) is 9.80 Å². The van der Waals surface area contributed by atoms with E-state index in [4.69, 9.17) is 4.74 Å². The van der Waals surface area contributed by atoms with Crippen molar-refractivity contribution in [2.45, 2.75) is 19.8 Å². The fourth-order valence-electron chi connectivity index (χ4n) is 2.15. The molecule has 1 amide bonds. The molecule has 144 valence electrons. The van der Waals surface area contributed by atoms with E-state index in [1.807, 2.05) is 43.3 Å². The maximum absolute atomic E-state index is 12.5. The van der Waals surface area contributed by atoms with Gasteiger partial charge in [-0.25, -0.2) is 0 Å². The van der Waals surface area contributed by atoms with Crippen molar-refractivity contribution >= 4 is 18.0 Å². The van der Waals surface area contributed by atoms with Gasteiger partial charge in [0, 0.05) is 25.7 Å². The summed E-state index contributed by atoms with van der Waals surface area (Å²) in [5.74, 6) is 0.377. The molecule has 1 rings (SSSR count). The van der Waals surface area contributed by atoms with Crippen LogP contribution in [0.5, 0.6) is 5.75 Å². The summed E-state index contributed by atoms with van der Waals surface area (Å²) >= 11 is 0. The van der Waals surface area contributed by atoms with Crippen molar-refractivity contribution in [3.05, 3.63) is 35.9 Å². The number of likely N-dealkylation sites (N-methyl/N-ethyl adjacent to an activating group) is 1. The lowest BCUT2D eigenvalue weighted by Crippen LogP contribution is -2.37. The summed E-state index contributed by atoms with van der Waals surface area (Å²) in [6.07, 6.45) is 4.46. The third-order valence-electron chi connectivity index (χ3n) is 3.71. The van der Waals surface area contributed by atoms with E-state index in [9.17, 15) is 9.59 Å². The van der Waals surface area contributed by atoms with Gasteiger partial charge in [0.25, 0.3) is 0 Å². The van der Waals surface area contributed by atoms with Gasteiger partial charge in [-0.05, 0) is 44.3 Å². The number of amides is 1. The average molecular weight is 362 g/mol. The van der Waals surface area contributed by atoms with Crippen LogP contribution in [-0.4, -0.2) is 69.1 Å². The molecule has 0 spiro atoms. The Morgan fingerprint density at radius 2 is 1.77 bits per heavy atom. The number of hydrogen-bond donors (Lipinski definition) is 0. The second kappa shape index (κ2) is 12.1. The van der Waals surface area contributed by atoms with Gasteiger partial charge in [0.2, 0.25) is 5.91 Å². The minimum absolute atomic E-state index is 0.123. The number of ether oxygens (including phenoxy) is 2. The molecule has 0 N–H and O–H groups in total. The highest BCUT2D eigenvalue weighted by Gasteiger charge is 2.13. The van der Waals surface area contributed by atoms with Gasteiger partial charge < -0.3 is 19.3 Å². The molecule has 0 radical (unpaired) electrons. The van der Waals surface area contributed by atoms with Crippen LogP contribution in [0.2, 0.25) is 0 Å². The number of methoxy groups -OCH3 is 1. The number of carbonyl (C=O) groups excluding carboxylic acids is 2. The zero-order valence-electron chi connectivity index (χ0n) is 16.2. The molecule has 0 saturated carbocycles. The zero-order valence-corrected chi connectivity index (χ0v) is 16.2. The molecule has 0 aromatic heterocycles. The molecule has 1 aromatic carbocycles. The molecule has 1 aromatic rings. The fourth-order valence-corrected chi connectivity index (χ4v) is 2.15.